The zero-order valence-corrected chi connectivity index (χ0v) is 12.5. The van der Waals surface area contributed by atoms with E-state index in [2.05, 4.69) is 5.32 Å². The van der Waals surface area contributed by atoms with E-state index in [0.29, 0.717) is 12.3 Å². The number of alkyl halides is 3. The van der Waals surface area contributed by atoms with E-state index in [1.165, 1.54) is 6.07 Å². The summed E-state index contributed by atoms with van der Waals surface area (Å²) in [6.07, 6.45) is -3.24. The first kappa shape index (κ1) is 18.1. The lowest BCUT2D eigenvalue weighted by molar-refractivity contribution is -0.137. The second-order valence-corrected chi connectivity index (χ2v) is 5.06. The average Bonchev–Trinajstić information content (AvgIpc) is 2.41. The zero-order valence-electron chi connectivity index (χ0n) is 11.7. The van der Waals surface area contributed by atoms with Gasteiger partial charge in [0, 0.05) is 13.2 Å². The van der Waals surface area contributed by atoms with E-state index in [0.717, 1.165) is 25.0 Å². The third-order valence-corrected chi connectivity index (χ3v) is 3.09. The maximum absolute atomic E-state index is 12.5. The molecule has 0 bridgehead atoms. The van der Waals surface area contributed by atoms with Crippen LogP contribution in [0.4, 0.5) is 18.9 Å². The van der Waals surface area contributed by atoms with Crippen molar-refractivity contribution in [1.29, 1.82) is 0 Å². The van der Waals surface area contributed by atoms with Gasteiger partial charge in [0.25, 0.3) is 0 Å². The van der Waals surface area contributed by atoms with Crippen LogP contribution < -0.4 is 5.32 Å². The molecule has 0 aliphatic rings. The first-order valence-electron chi connectivity index (χ1n) is 6.71. The van der Waals surface area contributed by atoms with Crippen molar-refractivity contribution >= 4 is 17.3 Å². The molecule has 0 aliphatic carbocycles. The molecule has 1 rings (SSSR count). The Hall–Kier alpha value is -0.980. The van der Waals surface area contributed by atoms with Gasteiger partial charge in [-0.25, -0.2) is 0 Å². The topological polar surface area (TPSA) is 41.5 Å². The Morgan fingerprint density at radius 2 is 2.10 bits per heavy atom. The third kappa shape index (κ3) is 6.54. The molecule has 1 aromatic carbocycles. The Bertz CT molecular complexity index is 441. The predicted molar refractivity (Wildman–Crippen MR) is 76.7 cm³/mol. The van der Waals surface area contributed by atoms with Gasteiger partial charge in [-0.2, -0.15) is 13.2 Å². The number of halogens is 4. The highest BCUT2D eigenvalue weighted by atomic mass is 35.5. The number of anilines is 1. The van der Waals surface area contributed by atoms with E-state index >= 15 is 0 Å². The van der Waals surface area contributed by atoms with Crippen molar-refractivity contribution in [3.63, 3.8) is 0 Å². The maximum atomic E-state index is 12.5. The molecule has 3 nitrogen and oxygen atoms in total. The zero-order chi connectivity index (χ0) is 15.9. The van der Waals surface area contributed by atoms with Crippen molar-refractivity contribution in [1.82, 2.24) is 0 Å². The lowest BCUT2D eigenvalue weighted by Crippen LogP contribution is -2.25. The standard InChI is InChI=1S/C14H19ClF3NO2/c1-2-3-6-21-9-11(20)8-19-13-5-4-10(7-12(13)15)14(16,17)18/h4-5,7,11,19-20H,2-3,6,8-9H2,1H3. The second kappa shape index (κ2) is 8.46. The monoisotopic (exact) mass is 325 g/mol. The summed E-state index contributed by atoms with van der Waals surface area (Å²) in [5.74, 6) is 0. The molecule has 1 aromatic rings. The summed E-state index contributed by atoms with van der Waals surface area (Å²) in [4.78, 5) is 0. The van der Waals surface area contributed by atoms with Crippen LogP contribution in [-0.4, -0.2) is 31.0 Å². The first-order valence-corrected chi connectivity index (χ1v) is 7.08. The number of hydrogen-bond acceptors (Lipinski definition) is 3. The van der Waals surface area contributed by atoms with Crippen LogP contribution in [0.15, 0.2) is 18.2 Å². The fraction of sp³-hybridized carbons (Fsp3) is 0.571. The lowest BCUT2D eigenvalue weighted by atomic mass is 10.2. The molecule has 0 amide bonds. The van der Waals surface area contributed by atoms with Crippen molar-refractivity contribution in [2.45, 2.75) is 32.0 Å². The van der Waals surface area contributed by atoms with Gasteiger partial charge in [-0.15, -0.1) is 0 Å². The number of nitrogens with one attached hydrogen (secondary N) is 1. The first-order chi connectivity index (χ1) is 9.84. The van der Waals surface area contributed by atoms with Crippen LogP contribution in [0.2, 0.25) is 5.02 Å². The minimum absolute atomic E-state index is 0.0380. The van der Waals surface area contributed by atoms with E-state index in [1.807, 2.05) is 6.92 Å². The number of rotatable bonds is 8. The highest BCUT2D eigenvalue weighted by Gasteiger charge is 2.30. The van der Waals surface area contributed by atoms with Gasteiger partial charge in [-0.05, 0) is 24.6 Å². The summed E-state index contributed by atoms with van der Waals surface area (Å²) in [6.45, 7) is 2.94. The van der Waals surface area contributed by atoms with Crippen molar-refractivity contribution in [2.75, 3.05) is 25.1 Å². The molecule has 0 spiro atoms. The van der Waals surface area contributed by atoms with Crippen LogP contribution in [0.5, 0.6) is 0 Å². The summed E-state index contributed by atoms with van der Waals surface area (Å²) in [7, 11) is 0. The number of benzene rings is 1. The van der Waals surface area contributed by atoms with Crippen LogP contribution in [0.1, 0.15) is 25.3 Å². The van der Waals surface area contributed by atoms with Crippen molar-refractivity contribution < 1.29 is 23.0 Å². The van der Waals surface area contributed by atoms with Gasteiger partial charge >= 0.3 is 6.18 Å². The third-order valence-electron chi connectivity index (χ3n) is 2.78. The van der Waals surface area contributed by atoms with E-state index in [9.17, 15) is 18.3 Å². The van der Waals surface area contributed by atoms with Crippen molar-refractivity contribution in [2.24, 2.45) is 0 Å². The smallest absolute Gasteiger partial charge is 0.389 e. The maximum Gasteiger partial charge on any atom is 0.416 e. The summed E-state index contributed by atoms with van der Waals surface area (Å²) in [5.41, 5.74) is -0.459. The number of hydrogen-bond donors (Lipinski definition) is 2. The molecular formula is C14H19ClF3NO2. The second-order valence-electron chi connectivity index (χ2n) is 4.66. The molecule has 21 heavy (non-hydrogen) atoms. The molecule has 0 saturated heterocycles. The van der Waals surface area contributed by atoms with Crippen LogP contribution in [0, 0.1) is 0 Å². The molecule has 0 heterocycles. The Balaban J connectivity index is 2.45. The average molecular weight is 326 g/mol. The fourth-order valence-corrected chi connectivity index (χ4v) is 1.83. The molecule has 0 aromatic heterocycles. The number of aliphatic hydroxyl groups excluding tert-OH is 1. The van der Waals surface area contributed by atoms with Gasteiger partial charge in [-0.3, -0.25) is 0 Å². The predicted octanol–water partition coefficient (Wildman–Crippen LogP) is 3.95. The quantitative estimate of drug-likeness (QED) is 0.711. The largest absolute Gasteiger partial charge is 0.416 e. The number of aliphatic hydroxyl groups is 1. The summed E-state index contributed by atoms with van der Waals surface area (Å²) in [6, 6.07) is 3.04. The van der Waals surface area contributed by atoms with E-state index in [1.54, 1.807) is 0 Å². The van der Waals surface area contributed by atoms with Gasteiger partial charge in [0.15, 0.2) is 0 Å². The van der Waals surface area contributed by atoms with Gasteiger partial charge in [-0.1, -0.05) is 24.9 Å². The highest BCUT2D eigenvalue weighted by Crippen LogP contribution is 2.33. The molecular weight excluding hydrogens is 307 g/mol. The highest BCUT2D eigenvalue weighted by molar-refractivity contribution is 6.33. The van der Waals surface area contributed by atoms with Crippen molar-refractivity contribution in [3.05, 3.63) is 28.8 Å². The molecule has 1 unspecified atom stereocenters. The summed E-state index contributed by atoms with van der Waals surface area (Å²) < 4.78 is 42.7. The minimum Gasteiger partial charge on any atom is -0.389 e. The molecule has 0 radical (unpaired) electrons. The van der Waals surface area contributed by atoms with Gasteiger partial charge < -0.3 is 15.2 Å². The van der Waals surface area contributed by atoms with Crippen LogP contribution >= 0.6 is 11.6 Å². The van der Waals surface area contributed by atoms with Gasteiger partial charge in [0.05, 0.1) is 29.0 Å². The molecule has 0 saturated carbocycles. The molecule has 1 atom stereocenters. The fourth-order valence-electron chi connectivity index (χ4n) is 1.59. The molecule has 2 N–H and O–H groups in total. The molecule has 0 aliphatic heterocycles. The van der Waals surface area contributed by atoms with Crippen molar-refractivity contribution in [3.8, 4) is 0 Å². The van der Waals surface area contributed by atoms with Gasteiger partial charge in [0.1, 0.15) is 0 Å². The number of unbranched alkanes of at least 4 members (excludes halogenated alkanes) is 1. The number of ether oxygens (including phenoxy) is 1. The molecule has 120 valence electrons. The van der Waals surface area contributed by atoms with Crippen LogP contribution in [0.25, 0.3) is 0 Å². The van der Waals surface area contributed by atoms with Gasteiger partial charge in [0.2, 0.25) is 0 Å². The van der Waals surface area contributed by atoms with Crippen LogP contribution in [0.3, 0.4) is 0 Å². The molecule has 0 fully saturated rings. The van der Waals surface area contributed by atoms with Crippen LogP contribution in [-0.2, 0) is 10.9 Å². The Kier molecular flexibility index (Phi) is 7.28. The SMILES string of the molecule is CCCCOCC(O)CNc1ccc(C(F)(F)F)cc1Cl. The van der Waals surface area contributed by atoms with E-state index in [4.69, 9.17) is 16.3 Å². The molecule has 7 heteroatoms. The normalized spacial score (nSPS) is 13.2. The lowest BCUT2D eigenvalue weighted by Gasteiger charge is -2.15. The van der Waals surface area contributed by atoms with E-state index in [-0.39, 0.29) is 18.2 Å². The Morgan fingerprint density at radius 1 is 1.38 bits per heavy atom. The van der Waals surface area contributed by atoms with E-state index < -0.39 is 17.8 Å². The Morgan fingerprint density at radius 3 is 2.67 bits per heavy atom. The summed E-state index contributed by atoms with van der Waals surface area (Å²) >= 11 is 5.79. The Labute approximate surface area is 127 Å². The summed E-state index contributed by atoms with van der Waals surface area (Å²) in [5, 5.41) is 12.4. The minimum atomic E-state index is -4.42.